The van der Waals surface area contributed by atoms with Gasteiger partial charge in [-0.3, -0.25) is 14.7 Å². The molecular formula is C26H31N3O5. The van der Waals surface area contributed by atoms with Crippen molar-refractivity contribution in [3.63, 3.8) is 0 Å². The number of ether oxygens (including phenoxy) is 1. The molecule has 8 heteroatoms. The van der Waals surface area contributed by atoms with Gasteiger partial charge in [-0.05, 0) is 34.7 Å². The van der Waals surface area contributed by atoms with Crippen molar-refractivity contribution in [1.82, 2.24) is 14.8 Å². The van der Waals surface area contributed by atoms with Crippen LogP contribution in [0.3, 0.4) is 0 Å². The normalized spacial score (nSPS) is 15.0. The SMILES string of the molecule is CC(C)(C)c1ccc(COC(=O)N2CCN(CCC(=O)c3ccc4[nH]c(=O)oc4c3)CC2)cc1. The van der Waals surface area contributed by atoms with Gasteiger partial charge in [-0.1, -0.05) is 45.0 Å². The van der Waals surface area contributed by atoms with Gasteiger partial charge >= 0.3 is 11.8 Å². The van der Waals surface area contributed by atoms with Gasteiger partial charge in [0.25, 0.3) is 0 Å². The van der Waals surface area contributed by atoms with Crippen LogP contribution in [0.1, 0.15) is 48.7 Å². The molecule has 1 aromatic heterocycles. The summed E-state index contributed by atoms with van der Waals surface area (Å²) in [6.07, 6.45) is 0.0479. The molecule has 0 aliphatic carbocycles. The highest BCUT2D eigenvalue weighted by Gasteiger charge is 2.23. The number of hydrogen-bond donors (Lipinski definition) is 1. The zero-order valence-electron chi connectivity index (χ0n) is 19.9. The van der Waals surface area contributed by atoms with E-state index >= 15 is 0 Å². The van der Waals surface area contributed by atoms with Crippen LogP contribution in [0.15, 0.2) is 51.7 Å². The summed E-state index contributed by atoms with van der Waals surface area (Å²) in [7, 11) is 0. The van der Waals surface area contributed by atoms with Crippen molar-refractivity contribution >= 4 is 23.0 Å². The van der Waals surface area contributed by atoms with Gasteiger partial charge in [-0.2, -0.15) is 0 Å². The second-order valence-electron chi connectivity index (χ2n) is 9.73. The first kappa shape index (κ1) is 23.8. The molecule has 0 radical (unpaired) electrons. The number of rotatable bonds is 6. The van der Waals surface area contributed by atoms with Crippen molar-refractivity contribution in [2.45, 2.75) is 39.2 Å². The predicted molar refractivity (Wildman–Crippen MR) is 129 cm³/mol. The summed E-state index contributed by atoms with van der Waals surface area (Å²) in [6, 6.07) is 13.1. The fraction of sp³-hybridized carbons (Fsp3) is 0.423. The van der Waals surface area contributed by atoms with Crippen molar-refractivity contribution in [2.75, 3.05) is 32.7 Å². The fourth-order valence-corrected chi connectivity index (χ4v) is 4.01. The van der Waals surface area contributed by atoms with E-state index in [-0.39, 0.29) is 23.9 Å². The van der Waals surface area contributed by atoms with Crippen LogP contribution in [0, 0.1) is 0 Å². The molecule has 1 aliphatic heterocycles. The van der Waals surface area contributed by atoms with Crippen molar-refractivity contribution < 1.29 is 18.7 Å². The van der Waals surface area contributed by atoms with Crippen molar-refractivity contribution in [3.05, 3.63) is 69.7 Å². The topological polar surface area (TPSA) is 95.9 Å². The highest BCUT2D eigenvalue weighted by atomic mass is 16.6. The molecule has 3 aromatic rings. The van der Waals surface area contributed by atoms with E-state index in [2.05, 4.69) is 42.8 Å². The number of hydrogen-bond acceptors (Lipinski definition) is 6. The number of nitrogens with one attached hydrogen (secondary N) is 1. The molecular weight excluding hydrogens is 434 g/mol. The van der Waals surface area contributed by atoms with Crippen LogP contribution in [0.2, 0.25) is 0 Å². The number of oxazole rings is 1. The Bertz CT molecular complexity index is 1210. The van der Waals surface area contributed by atoms with E-state index in [1.807, 2.05) is 12.1 Å². The van der Waals surface area contributed by atoms with Crippen LogP contribution in [-0.2, 0) is 16.8 Å². The molecule has 0 bridgehead atoms. The van der Waals surface area contributed by atoms with Crippen LogP contribution in [0.25, 0.3) is 11.1 Å². The maximum Gasteiger partial charge on any atom is 0.417 e. The molecule has 2 heterocycles. The first-order valence-electron chi connectivity index (χ1n) is 11.6. The van der Waals surface area contributed by atoms with E-state index in [1.165, 1.54) is 5.56 Å². The molecule has 1 fully saturated rings. The Labute approximate surface area is 198 Å². The smallest absolute Gasteiger partial charge is 0.417 e. The minimum atomic E-state index is -0.533. The molecule has 1 N–H and O–H groups in total. The third-order valence-corrected chi connectivity index (χ3v) is 6.21. The second kappa shape index (κ2) is 9.85. The lowest BCUT2D eigenvalue weighted by Gasteiger charge is -2.33. The number of carbonyl (C=O) groups excluding carboxylic acids is 2. The summed E-state index contributed by atoms with van der Waals surface area (Å²) in [5, 5.41) is 0. The molecule has 0 spiro atoms. The number of nitrogens with zero attached hydrogens (tertiary/aromatic N) is 2. The summed E-state index contributed by atoms with van der Waals surface area (Å²) in [5.74, 6) is -0.542. The number of Topliss-reactive ketones (excluding diaryl/α,β-unsaturated/α-hetero) is 1. The molecule has 2 aromatic carbocycles. The summed E-state index contributed by atoms with van der Waals surface area (Å²) < 4.78 is 10.5. The van der Waals surface area contributed by atoms with Gasteiger partial charge < -0.3 is 14.1 Å². The zero-order valence-corrected chi connectivity index (χ0v) is 19.9. The third kappa shape index (κ3) is 5.75. The fourth-order valence-electron chi connectivity index (χ4n) is 4.01. The van der Waals surface area contributed by atoms with Crippen molar-refractivity contribution in [3.8, 4) is 0 Å². The van der Waals surface area contributed by atoms with E-state index in [9.17, 15) is 14.4 Å². The lowest BCUT2D eigenvalue weighted by molar-refractivity contribution is 0.0696. The summed E-state index contributed by atoms with van der Waals surface area (Å²) >= 11 is 0. The minimum Gasteiger partial charge on any atom is -0.445 e. The largest absolute Gasteiger partial charge is 0.445 e. The van der Waals surface area contributed by atoms with Gasteiger partial charge in [0, 0.05) is 44.7 Å². The highest BCUT2D eigenvalue weighted by molar-refractivity contribution is 5.98. The number of ketones is 1. The first-order valence-corrected chi connectivity index (χ1v) is 11.6. The van der Waals surface area contributed by atoms with Crippen molar-refractivity contribution in [1.29, 1.82) is 0 Å². The number of fused-ring (bicyclic) bond motifs is 1. The molecule has 0 atom stereocenters. The number of aromatic nitrogens is 1. The van der Waals surface area contributed by atoms with E-state index in [0.29, 0.717) is 55.8 Å². The summed E-state index contributed by atoms with van der Waals surface area (Å²) in [4.78, 5) is 42.8. The summed E-state index contributed by atoms with van der Waals surface area (Å²) in [5.41, 5.74) is 3.78. The van der Waals surface area contributed by atoms with Gasteiger partial charge in [-0.15, -0.1) is 0 Å². The average molecular weight is 466 g/mol. The Morgan fingerprint density at radius 2 is 1.74 bits per heavy atom. The Morgan fingerprint density at radius 1 is 1.03 bits per heavy atom. The van der Waals surface area contributed by atoms with Gasteiger partial charge in [0.2, 0.25) is 0 Å². The maximum atomic E-state index is 12.6. The molecule has 0 unspecified atom stereocenters. The quantitative estimate of drug-likeness (QED) is 0.554. The maximum absolute atomic E-state index is 12.6. The first-order chi connectivity index (χ1) is 16.2. The molecule has 180 valence electrons. The van der Waals surface area contributed by atoms with Crippen LogP contribution < -0.4 is 5.76 Å². The number of amides is 1. The van der Waals surface area contributed by atoms with E-state index in [4.69, 9.17) is 9.15 Å². The zero-order chi connectivity index (χ0) is 24.3. The van der Waals surface area contributed by atoms with Gasteiger partial charge in [0.15, 0.2) is 11.4 Å². The Hall–Kier alpha value is -3.39. The molecule has 1 saturated heterocycles. The van der Waals surface area contributed by atoms with Crippen LogP contribution in [0.5, 0.6) is 0 Å². The lowest BCUT2D eigenvalue weighted by atomic mass is 9.87. The number of benzene rings is 2. The highest BCUT2D eigenvalue weighted by Crippen LogP contribution is 2.22. The molecule has 1 aliphatic rings. The number of aromatic amines is 1. The number of carbonyl (C=O) groups is 2. The van der Waals surface area contributed by atoms with Crippen LogP contribution in [0.4, 0.5) is 4.79 Å². The molecule has 0 saturated carbocycles. The van der Waals surface area contributed by atoms with Gasteiger partial charge in [0.05, 0.1) is 5.52 Å². The molecule has 34 heavy (non-hydrogen) atoms. The van der Waals surface area contributed by atoms with Gasteiger partial charge in [-0.25, -0.2) is 9.59 Å². The number of piperazine rings is 1. The Kier molecular flexibility index (Phi) is 6.88. The number of H-pyrrole nitrogens is 1. The molecule has 4 rings (SSSR count). The molecule has 1 amide bonds. The average Bonchev–Trinajstić information content (AvgIpc) is 3.20. The van der Waals surface area contributed by atoms with E-state index in [1.54, 1.807) is 23.1 Å². The molecule has 8 nitrogen and oxygen atoms in total. The second-order valence-corrected chi connectivity index (χ2v) is 9.73. The standard InChI is InChI=1S/C26H31N3O5/c1-26(2,3)20-7-4-18(5-8-20)17-33-25(32)29-14-12-28(13-15-29)11-10-22(30)19-6-9-21-23(16-19)34-24(31)27-21/h4-9,16H,10-15,17H2,1-3H3,(H,27,31). The van der Waals surface area contributed by atoms with Crippen LogP contribution >= 0.6 is 0 Å². The third-order valence-electron chi connectivity index (χ3n) is 6.21. The predicted octanol–water partition coefficient (Wildman–Crippen LogP) is 3.95. The van der Waals surface area contributed by atoms with Crippen LogP contribution in [-0.4, -0.2) is 59.4 Å². The summed E-state index contributed by atoms with van der Waals surface area (Å²) in [6.45, 7) is 9.87. The van der Waals surface area contributed by atoms with E-state index in [0.717, 1.165) is 5.56 Å². The van der Waals surface area contributed by atoms with Gasteiger partial charge in [0.1, 0.15) is 6.61 Å². The van der Waals surface area contributed by atoms with Crippen molar-refractivity contribution in [2.24, 2.45) is 0 Å². The monoisotopic (exact) mass is 465 g/mol. The Balaban J connectivity index is 1.20. The minimum absolute atomic E-state index is 0.00920. The lowest BCUT2D eigenvalue weighted by Crippen LogP contribution is -2.49. The van der Waals surface area contributed by atoms with E-state index < -0.39 is 5.76 Å². The Morgan fingerprint density at radius 3 is 2.41 bits per heavy atom.